The molecule has 1 atom stereocenters. The molecular weight excluding hydrogens is 356 g/mol. The fourth-order valence-electron chi connectivity index (χ4n) is 2.83. The number of benzene rings is 1. The molecule has 0 spiro atoms. The van der Waals surface area contributed by atoms with Gasteiger partial charge in [-0.05, 0) is 18.6 Å². The number of nitriles is 1. The van der Waals surface area contributed by atoms with Crippen LogP contribution in [-0.2, 0) is 14.1 Å². The number of aromatic nitrogens is 4. The van der Waals surface area contributed by atoms with Gasteiger partial charge in [0.2, 0.25) is 5.78 Å². The summed E-state index contributed by atoms with van der Waals surface area (Å²) in [7, 11) is 3.06. The molecule has 0 bridgehead atoms. The Kier molecular flexibility index (Phi) is 4.59. The molecule has 2 heterocycles. The number of rotatable bonds is 4. The van der Waals surface area contributed by atoms with Gasteiger partial charge in [0.15, 0.2) is 0 Å². The van der Waals surface area contributed by atoms with Crippen LogP contribution in [0.15, 0.2) is 24.4 Å². The van der Waals surface area contributed by atoms with E-state index in [-0.39, 0.29) is 33.8 Å². The highest BCUT2D eigenvalue weighted by Gasteiger charge is 2.26. The van der Waals surface area contributed by atoms with Crippen molar-refractivity contribution in [3.05, 3.63) is 58.5 Å². The van der Waals surface area contributed by atoms with E-state index >= 15 is 0 Å². The molecule has 0 aliphatic rings. The number of carbonyl (C=O) groups excluding carboxylic acids is 1. The number of aliphatic hydroxyl groups excluding tert-OH is 1. The Labute approximate surface area is 153 Å². The molecule has 3 aromatic rings. The number of aliphatic hydroxyl groups is 1. The summed E-state index contributed by atoms with van der Waals surface area (Å²) in [5.74, 6) is -2.37. The highest BCUT2D eigenvalue weighted by molar-refractivity contribution is 6.11. The lowest BCUT2D eigenvalue weighted by Crippen LogP contribution is -2.07. The van der Waals surface area contributed by atoms with Crippen LogP contribution in [-0.4, -0.2) is 30.5 Å². The first kappa shape index (κ1) is 18.4. The van der Waals surface area contributed by atoms with E-state index in [0.29, 0.717) is 6.07 Å². The van der Waals surface area contributed by atoms with E-state index in [1.807, 2.05) is 6.07 Å². The lowest BCUT2D eigenvalue weighted by atomic mass is 9.96. The Morgan fingerprint density at radius 2 is 1.96 bits per heavy atom. The summed E-state index contributed by atoms with van der Waals surface area (Å²) >= 11 is 0. The molecule has 9 heteroatoms. The van der Waals surface area contributed by atoms with E-state index in [0.717, 1.165) is 6.07 Å². The third kappa shape index (κ3) is 3.22. The van der Waals surface area contributed by atoms with E-state index in [1.54, 1.807) is 7.05 Å². The standard InChI is InChI=1S/C18H15F2N5O2/c1-9(26)12-4-10(19)5-14(20)16(12)17-13(8-24(2)23-17)18(27)15-6-11(7-21)25(3)22-15/h4-6,8-9,26H,1-3H3. The Hall–Kier alpha value is -3.38. The van der Waals surface area contributed by atoms with Crippen LogP contribution < -0.4 is 0 Å². The van der Waals surface area contributed by atoms with E-state index < -0.39 is 23.5 Å². The first-order valence-corrected chi connectivity index (χ1v) is 7.92. The highest BCUT2D eigenvalue weighted by atomic mass is 19.1. The molecule has 0 amide bonds. The normalized spacial score (nSPS) is 12.0. The molecule has 1 N–H and O–H groups in total. The summed E-state index contributed by atoms with van der Waals surface area (Å²) < 4.78 is 30.7. The lowest BCUT2D eigenvalue weighted by Gasteiger charge is -2.12. The zero-order valence-electron chi connectivity index (χ0n) is 14.7. The van der Waals surface area contributed by atoms with Gasteiger partial charge in [0, 0.05) is 38.0 Å². The van der Waals surface area contributed by atoms with E-state index in [2.05, 4.69) is 10.2 Å². The van der Waals surface area contributed by atoms with Gasteiger partial charge in [-0.25, -0.2) is 8.78 Å². The first-order chi connectivity index (χ1) is 12.7. The van der Waals surface area contributed by atoms with Crippen molar-refractivity contribution < 1.29 is 18.7 Å². The van der Waals surface area contributed by atoms with Crippen molar-refractivity contribution in [2.45, 2.75) is 13.0 Å². The Morgan fingerprint density at radius 3 is 2.56 bits per heavy atom. The van der Waals surface area contributed by atoms with Crippen LogP contribution >= 0.6 is 0 Å². The second kappa shape index (κ2) is 6.74. The number of aryl methyl sites for hydroxylation is 2. The lowest BCUT2D eigenvalue weighted by molar-refractivity contribution is 0.103. The zero-order valence-corrected chi connectivity index (χ0v) is 14.7. The Bertz CT molecular complexity index is 1090. The van der Waals surface area contributed by atoms with Gasteiger partial charge in [-0.3, -0.25) is 14.2 Å². The van der Waals surface area contributed by atoms with Crippen LogP contribution in [0.3, 0.4) is 0 Å². The third-order valence-electron chi connectivity index (χ3n) is 4.07. The quantitative estimate of drug-likeness (QED) is 0.710. The molecule has 0 aliphatic heterocycles. The molecule has 27 heavy (non-hydrogen) atoms. The van der Waals surface area contributed by atoms with Crippen LogP contribution in [0.1, 0.15) is 40.3 Å². The Morgan fingerprint density at radius 1 is 1.26 bits per heavy atom. The molecule has 0 fully saturated rings. The van der Waals surface area contributed by atoms with Crippen LogP contribution in [0, 0.1) is 23.0 Å². The van der Waals surface area contributed by atoms with Gasteiger partial charge in [0.05, 0.1) is 11.7 Å². The van der Waals surface area contributed by atoms with Crippen LogP contribution in [0.5, 0.6) is 0 Å². The molecule has 3 rings (SSSR count). The zero-order chi connectivity index (χ0) is 19.9. The molecule has 1 unspecified atom stereocenters. The fraction of sp³-hybridized carbons (Fsp3) is 0.222. The fourth-order valence-corrected chi connectivity index (χ4v) is 2.83. The van der Waals surface area contributed by atoms with Crippen molar-refractivity contribution in [2.24, 2.45) is 14.1 Å². The van der Waals surface area contributed by atoms with Crippen molar-refractivity contribution >= 4 is 5.78 Å². The largest absolute Gasteiger partial charge is 0.389 e. The monoisotopic (exact) mass is 371 g/mol. The minimum atomic E-state index is -1.19. The van der Waals surface area contributed by atoms with Crippen molar-refractivity contribution in [1.82, 2.24) is 19.6 Å². The van der Waals surface area contributed by atoms with Crippen molar-refractivity contribution in [2.75, 3.05) is 0 Å². The summed E-state index contributed by atoms with van der Waals surface area (Å²) in [5.41, 5.74) is -0.0378. The molecule has 0 radical (unpaired) electrons. The Balaban J connectivity index is 2.21. The molecule has 1 aromatic carbocycles. The smallest absolute Gasteiger partial charge is 0.217 e. The second-order valence-electron chi connectivity index (χ2n) is 6.07. The summed E-state index contributed by atoms with van der Waals surface area (Å²) in [5, 5.41) is 27.1. The second-order valence-corrected chi connectivity index (χ2v) is 6.07. The van der Waals surface area contributed by atoms with Gasteiger partial charge in [0.25, 0.3) is 0 Å². The van der Waals surface area contributed by atoms with Crippen LogP contribution in [0.2, 0.25) is 0 Å². The van der Waals surface area contributed by atoms with Gasteiger partial charge in [-0.2, -0.15) is 15.5 Å². The average Bonchev–Trinajstić information content (AvgIpc) is 3.16. The summed E-state index contributed by atoms with van der Waals surface area (Å²) in [6, 6.07) is 4.89. The number of carbonyl (C=O) groups is 1. The van der Waals surface area contributed by atoms with Gasteiger partial charge in [-0.1, -0.05) is 0 Å². The van der Waals surface area contributed by atoms with Crippen LogP contribution in [0.4, 0.5) is 8.78 Å². The third-order valence-corrected chi connectivity index (χ3v) is 4.07. The first-order valence-electron chi connectivity index (χ1n) is 7.92. The van der Waals surface area contributed by atoms with Gasteiger partial charge < -0.3 is 5.11 Å². The number of hydrogen-bond donors (Lipinski definition) is 1. The predicted molar refractivity (Wildman–Crippen MR) is 90.5 cm³/mol. The van der Waals surface area contributed by atoms with E-state index in [4.69, 9.17) is 5.26 Å². The molecule has 138 valence electrons. The van der Waals surface area contributed by atoms with Gasteiger partial charge >= 0.3 is 0 Å². The van der Waals surface area contributed by atoms with E-state index in [1.165, 1.54) is 35.6 Å². The van der Waals surface area contributed by atoms with Crippen LogP contribution in [0.25, 0.3) is 11.3 Å². The molecule has 7 nitrogen and oxygen atoms in total. The highest BCUT2D eigenvalue weighted by Crippen LogP contribution is 2.33. The maximum absolute atomic E-state index is 14.6. The maximum Gasteiger partial charge on any atom is 0.217 e. The predicted octanol–water partition coefficient (Wildman–Crippen LogP) is 2.25. The minimum absolute atomic E-state index is 0.00980. The molecule has 0 aliphatic carbocycles. The average molecular weight is 371 g/mol. The summed E-state index contributed by atoms with van der Waals surface area (Å²) in [4.78, 5) is 12.9. The van der Waals surface area contributed by atoms with Crippen molar-refractivity contribution in [3.63, 3.8) is 0 Å². The van der Waals surface area contributed by atoms with E-state index in [9.17, 15) is 18.7 Å². The summed E-state index contributed by atoms with van der Waals surface area (Å²) in [6.45, 7) is 1.36. The number of ketones is 1. The number of hydrogen-bond acceptors (Lipinski definition) is 5. The summed E-state index contributed by atoms with van der Waals surface area (Å²) in [6.07, 6.45) is 0.197. The number of nitrogens with zero attached hydrogens (tertiary/aromatic N) is 5. The van der Waals surface area contributed by atoms with Gasteiger partial charge in [0.1, 0.15) is 34.8 Å². The maximum atomic E-state index is 14.6. The van der Waals surface area contributed by atoms with Crippen molar-refractivity contribution in [1.29, 1.82) is 5.26 Å². The molecule has 0 saturated heterocycles. The molecule has 0 saturated carbocycles. The van der Waals surface area contributed by atoms with Crippen molar-refractivity contribution in [3.8, 4) is 17.3 Å². The molecule has 2 aromatic heterocycles. The SMILES string of the molecule is CC(O)c1cc(F)cc(F)c1-c1nn(C)cc1C(=O)c1cc(C#N)n(C)n1. The minimum Gasteiger partial charge on any atom is -0.389 e. The van der Waals surface area contributed by atoms with Gasteiger partial charge in [-0.15, -0.1) is 0 Å². The molecular formula is C18H15F2N5O2. The number of halogens is 2. The topological polar surface area (TPSA) is 96.7 Å².